The van der Waals surface area contributed by atoms with Crippen molar-refractivity contribution in [1.82, 2.24) is 15.0 Å². The van der Waals surface area contributed by atoms with E-state index in [4.69, 9.17) is 14.4 Å². The van der Waals surface area contributed by atoms with Crippen LogP contribution in [0.1, 0.15) is 17.7 Å². The SMILES string of the molecule is CN(C)[C@]1(c2ccccc2)CCN(C(=O)Cc2noc3ccccc23)C[C@H]1O.O=CO. The number of carboxylic acid groups (broad SMARTS) is 1. The lowest BCUT2D eigenvalue weighted by atomic mass is 9.77. The third-order valence-electron chi connectivity index (χ3n) is 5.90. The van der Waals surface area contributed by atoms with Gasteiger partial charge in [-0.15, -0.1) is 0 Å². The first-order valence-electron chi connectivity index (χ1n) is 10.0. The lowest BCUT2D eigenvalue weighted by molar-refractivity contribution is -0.140. The van der Waals surface area contributed by atoms with Crippen molar-refractivity contribution in [3.05, 3.63) is 65.9 Å². The predicted molar refractivity (Wildman–Crippen MR) is 115 cm³/mol. The summed E-state index contributed by atoms with van der Waals surface area (Å²) in [6.45, 7) is 0.625. The molecule has 0 unspecified atom stereocenters. The Morgan fingerprint density at radius 1 is 1.23 bits per heavy atom. The number of benzene rings is 2. The Balaban J connectivity index is 0.000000858. The summed E-state index contributed by atoms with van der Waals surface area (Å²) in [7, 11) is 3.96. The molecule has 8 nitrogen and oxygen atoms in total. The number of aliphatic hydroxyl groups is 1. The number of carbonyl (C=O) groups excluding carboxylic acids is 1. The van der Waals surface area contributed by atoms with Crippen LogP contribution in [0.4, 0.5) is 0 Å². The molecule has 4 rings (SSSR count). The maximum atomic E-state index is 12.9. The topological polar surface area (TPSA) is 107 Å². The molecule has 1 amide bonds. The zero-order valence-corrected chi connectivity index (χ0v) is 17.6. The molecule has 0 aliphatic carbocycles. The molecule has 1 saturated heterocycles. The second-order valence-electron chi connectivity index (χ2n) is 7.70. The van der Waals surface area contributed by atoms with E-state index in [1.165, 1.54) is 0 Å². The number of hydrogen-bond acceptors (Lipinski definition) is 6. The molecular weight excluding hydrogens is 398 g/mol. The van der Waals surface area contributed by atoms with Crippen molar-refractivity contribution in [3.8, 4) is 0 Å². The molecule has 8 heteroatoms. The number of rotatable bonds is 4. The Morgan fingerprint density at radius 2 is 1.87 bits per heavy atom. The zero-order chi connectivity index (χ0) is 22.4. The molecule has 2 atom stereocenters. The minimum Gasteiger partial charge on any atom is -0.483 e. The number of hydrogen-bond donors (Lipinski definition) is 2. The Morgan fingerprint density at radius 3 is 2.52 bits per heavy atom. The van der Waals surface area contributed by atoms with Crippen LogP contribution in [0.2, 0.25) is 0 Å². The zero-order valence-electron chi connectivity index (χ0n) is 17.6. The molecule has 164 valence electrons. The maximum absolute atomic E-state index is 12.9. The summed E-state index contributed by atoms with van der Waals surface area (Å²) in [5.74, 6) is -0.0430. The number of aromatic nitrogens is 1. The number of likely N-dealkylation sites (tertiary alicyclic amines) is 1. The summed E-state index contributed by atoms with van der Waals surface area (Å²) >= 11 is 0. The summed E-state index contributed by atoms with van der Waals surface area (Å²) in [4.78, 5) is 25.1. The highest BCUT2D eigenvalue weighted by molar-refractivity contribution is 5.86. The van der Waals surface area contributed by atoms with Crippen LogP contribution in [0.15, 0.2) is 59.1 Å². The lowest BCUT2D eigenvalue weighted by Gasteiger charge is -2.49. The number of carbonyl (C=O) groups is 2. The largest absolute Gasteiger partial charge is 0.483 e. The first kappa shape index (κ1) is 22.5. The van der Waals surface area contributed by atoms with Crippen LogP contribution >= 0.6 is 0 Å². The van der Waals surface area contributed by atoms with E-state index in [2.05, 4.69) is 10.1 Å². The van der Waals surface area contributed by atoms with Crippen LogP contribution in [0.25, 0.3) is 11.0 Å². The molecule has 0 saturated carbocycles. The summed E-state index contributed by atoms with van der Waals surface area (Å²) in [6, 6.07) is 17.6. The smallest absolute Gasteiger partial charge is 0.290 e. The highest BCUT2D eigenvalue weighted by Gasteiger charge is 2.46. The van der Waals surface area contributed by atoms with E-state index >= 15 is 0 Å². The number of β-amino-alcohol motifs (C(OH)–C–C–N with tert-alkyl or cyclic N) is 1. The number of aliphatic hydroxyl groups excluding tert-OH is 1. The van der Waals surface area contributed by atoms with Gasteiger partial charge >= 0.3 is 0 Å². The van der Waals surface area contributed by atoms with Gasteiger partial charge < -0.3 is 19.6 Å². The fourth-order valence-electron chi connectivity index (χ4n) is 4.31. The highest BCUT2D eigenvalue weighted by atomic mass is 16.5. The third-order valence-corrected chi connectivity index (χ3v) is 5.90. The van der Waals surface area contributed by atoms with Gasteiger partial charge in [0.05, 0.1) is 18.1 Å². The standard InChI is InChI=1S/C22H25N3O3.CH2O2/c1-24(2)22(16-8-4-3-5-9-16)12-13-25(15-20(22)26)21(27)14-18-17-10-6-7-11-19(17)28-23-18;2-1-3/h3-11,20,26H,12-15H2,1-2H3;1H,(H,2,3)/t20-,22+;/m1./s1. The van der Waals surface area contributed by atoms with Gasteiger partial charge in [-0.05, 0) is 38.2 Å². The van der Waals surface area contributed by atoms with Gasteiger partial charge in [0.1, 0.15) is 5.69 Å². The number of para-hydroxylation sites is 1. The second kappa shape index (κ2) is 9.72. The molecule has 1 aromatic heterocycles. The van der Waals surface area contributed by atoms with E-state index in [-0.39, 0.29) is 18.8 Å². The average molecular weight is 425 g/mol. The summed E-state index contributed by atoms with van der Waals surface area (Å²) in [5, 5.41) is 22.9. The molecule has 1 fully saturated rings. The van der Waals surface area contributed by atoms with Crippen molar-refractivity contribution in [1.29, 1.82) is 0 Å². The van der Waals surface area contributed by atoms with Crippen LogP contribution < -0.4 is 0 Å². The molecule has 31 heavy (non-hydrogen) atoms. The van der Waals surface area contributed by atoms with E-state index in [1.807, 2.05) is 68.7 Å². The van der Waals surface area contributed by atoms with Gasteiger partial charge in [-0.3, -0.25) is 14.5 Å². The average Bonchev–Trinajstić information content (AvgIpc) is 3.17. The van der Waals surface area contributed by atoms with E-state index in [9.17, 15) is 9.90 Å². The number of nitrogens with zero attached hydrogens (tertiary/aromatic N) is 3. The van der Waals surface area contributed by atoms with Crippen LogP contribution in [-0.2, 0) is 21.5 Å². The fourth-order valence-corrected chi connectivity index (χ4v) is 4.31. The third kappa shape index (κ3) is 4.45. The molecule has 1 aliphatic heterocycles. The number of amides is 1. The van der Waals surface area contributed by atoms with Crippen LogP contribution in [0, 0.1) is 0 Å². The Labute approximate surface area is 180 Å². The molecule has 0 spiro atoms. The molecule has 2 aromatic carbocycles. The molecule has 2 heterocycles. The van der Waals surface area contributed by atoms with Crippen molar-refractivity contribution in [3.63, 3.8) is 0 Å². The van der Waals surface area contributed by atoms with Gasteiger partial charge in [0.2, 0.25) is 5.91 Å². The van der Waals surface area contributed by atoms with Crippen LogP contribution in [-0.4, -0.2) is 70.8 Å². The first-order valence-corrected chi connectivity index (χ1v) is 10.0. The molecule has 1 aliphatic rings. The van der Waals surface area contributed by atoms with Gasteiger partial charge in [-0.2, -0.15) is 0 Å². The highest BCUT2D eigenvalue weighted by Crippen LogP contribution is 2.37. The van der Waals surface area contributed by atoms with Gasteiger partial charge in [-0.25, -0.2) is 0 Å². The number of piperidine rings is 1. The summed E-state index contributed by atoms with van der Waals surface area (Å²) in [6.07, 6.45) is 0.150. The van der Waals surface area contributed by atoms with Gasteiger partial charge in [0, 0.05) is 18.5 Å². The minimum atomic E-state index is -0.684. The normalized spacial score (nSPS) is 20.9. The minimum absolute atomic E-state index is 0.0430. The van der Waals surface area contributed by atoms with Crippen molar-refractivity contribution < 1.29 is 24.3 Å². The lowest BCUT2D eigenvalue weighted by Crippen LogP contribution is -2.61. The molecule has 2 N–H and O–H groups in total. The number of fused-ring (bicyclic) bond motifs is 1. The van der Waals surface area contributed by atoms with Gasteiger partial charge in [0.25, 0.3) is 6.47 Å². The molecular formula is C23H27N3O5. The van der Waals surface area contributed by atoms with Crippen molar-refractivity contribution in [2.45, 2.75) is 24.5 Å². The Kier molecular flexibility index (Phi) is 7.04. The van der Waals surface area contributed by atoms with Gasteiger partial charge in [0.15, 0.2) is 5.58 Å². The van der Waals surface area contributed by atoms with E-state index in [0.29, 0.717) is 30.8 Å². The summed E-state index contributed by atoms with van der Waals surface area (Å²) in [5.41, 5.74) is 1.89. The van der Waals surface area contributed by atoms with Crippen molar-refractivity contribution >= 4 is 23.3 Å². The van der Waals surface area contributed by atoms with Crippen LogP contribution in [0.3, 0.4) is 0 Å². The Hall–Kier alpha value is -3.23. The monoisotopic (exact) mass is 425 g/mol. The van der Waals surface area contributed by atoms with Gasteiger partial charge in [-0.1, -0.05) is 47.6 Å². The predicted octanol–water partition coefficient (Wildman–Crippen LogP) is 2.12. The fraction of sp³-hybridized carbons (Fsp3) is 0.348. The molecule has 0 radical (unpaired) electrons. The van der Waals surface area contributed by atoms with Crippen molar-refractivity contribution in [2.24, 2.45) is 0 Å². The Bertz CT molecular complexity index is 1020. The van der Waals surface area contributed by atoms with E-state index in [1.54, 1.807) is 4.90 Å². The van der Waals surface area contributed by atoms with Crippen molar-refractivity contribution in [2.75, 3.05) is 27.2 Å². The first-order chi connectivity index (χ1) is 14.9. The van der Waals surface area contributed by atoms with E-state index < -0.39 is 11.6 Å². The molecule has 3 aromatic rings. The second-order valence-corrected chi connectivity index (χ2v) is 7.70. The van der Waals surface area contributed by atoms with Crippen LogP contribution in [0.5, 0.6) is 0 Å². The maximum Gasteiger partial charge on any atom is 0.290 e. The number of likely N-dealkylation sites (N-methyl/N-ethyl adjacent to an activating group) is 1. The quantitative estimate of drug-likeness (QED) is 0.617. The molecule has 0 bridgehead atoms. The summed E-state index contributed by atoms with van der Waals surface area (Å²) < 4.78 is 5.30. The van der Waals surface area contributed by atoms with E-state index in [0.717, 1.165) is 10.9 Å².